The van der Waals surface area contributed by atoms with Crippen LogP contribution in [0.5, 0.6) is 5.75 Å². The second kappa shape index (κ2) is 12.0. The zero-order chi connectivity index (χ0) is 23.6. The Morgan fingerprint density at radius 3 is 2.58 bits per heavy atom. The molecule has 1 aliphatic heterocycles. The summed E-state index contributed by atoms with van der Waals surface area (Å²) in [4.78, 5) is 28.4. The van der Waals surface area contributed by atoms with Crippen molar-refractivity contribution in [3.05, 3.63) is 71.8 Å². The van der Waals surface area contributed by atoms with E-state index in [1.165, 1.54) is 12.1 Å². The fourth-order valence-corrected chi connectivity index (χ4v) is 3.75. The lowest BCUT2D eigenvalue weighted by atomic mass is 10.1. The van der Waals surface area contributed by atoms with Crippen molar-refractivity contribution in [2.45, 2.75) is 6.42 Å². The van der Waals surface area contributed by atoms with E-state index in [1.54, 1.807) is 24.1 Å². The summed E-state index contributed by atoms with van der Waals surface area (Å²) in [7, 11) is 1.63. The number of nitrogens with zero attached hydrogens (tertiary/aromatic N) is 2. The van der Waals surface area contributed by atoms with Crippen molar-refractivity contribution in [2.24, 2.45) is 0 Å². The molecule has 2 aromatic rings. The molecule has 0 atom stereocenters. The highest BCUT2D eigenvalue weighted by Crippen LogP contribution is 2.15. The maximum Gasteiger partial charge on any atom is 0.335 e. The van der Waals surface area contributed by atoms with Crippen LogP contribution in [-0.4, -0.2) is 79.8 Å². The van der Waals surface area contributed by atoms with Crippen molar-refractivity contribution >= 4 is 17.7 Å². The van der Waals surface area contributed by atoms with E-state index >= 15 is 0 Å². The molecule has 8 nitrogen and oxygen atoms in total. The number of urea groups is 1. The molecule has 1 aliphatic rings. The number of aromatic carboxylic acids is 1. The molecule has 176 valence electrons. The summed E-state index contributed by atoms with van der Waals surface area (Å²) < 4.78 is 5.21. The van der Waals surface area contributed by atoms with Crippen molar-refractivity contribution in [1.82, 2.24) is 15.1 Å². The van der Waals surface area contributed by atoms with Gasteiger partial charge in [0.15, 0.2) is 0 Å². The summed E-state index contributed by atoms with van der Waals surface area (Å²) in [6.07, 6.45) is 0.674. The van der Waals surface area contributed by atoms with Crippen molar-refractivity contribution in [3.63, 3.8) is 0 Å². The summed E-state index contributed by atoms with van der Waals surface area (Å²) >= 11 is 0. The molecule has 0 spiro atoms. The van der Waals surface area contributed by atoms with Crippen LogP contribution < -0.4 is 15.4 Å². The van der Waals surface area contributed by atoms with Crippen molar-refractivity contribution in [2.75, 3.05) is 58.2 Å². The summed E-state index contributed by atoms with van der Waals surface area (Å²) in [5.41, 5.74) is 2.62. The van der Waals surface area contributed by atoms with Crippen LogP contribution in [0.15, 0.2) is 60.7 Å². The molecule has 1 saturated heterocycles. The van der Waals surface area contributed by atoms with Gasteiger partial charge >= 0.3 is 12.0 Å². The van der Waals surface area contributed by atoms with E-state index in [0.717, 1.165) is 49.6 Å². The number of hydrogen-bond acceptors (Lipinski definition) is 5. The molecular formula is C25H32N4O4. The number of amides is 2. The predicted octanol–water partition coefficient (Wildman–Crippen LogP) is 2.93. The maximum atomic E-state index is 13.1. The molecule has 1 heterocycles. The third-order valence-corrected chi connectivity index (χ3v) is 5.55. The first-order chi connectivity index (χ1) is 15.9. The molecule has 33 heavy (non-hydrogen) atoms. The molecule has 3 N–H and O–H groups in total. The topological polar surface area (TPSA) is 94.1 Å². The number of methoxy groups -OCH3 is 1. The van der Waals surface area contributed by atoms with Gasteiger partial charge in [0.25, 0.3) is 0 Å². The van der Waals surface area contributed by atoms with Gasteiger partial charge in [-0.05, 0) is 47.9 Å². The Labute approximate surface area is 194 Å². The third-order valence-electron chi connectivity index (χ3n) is 5.55. The fourth-order valence-electron chi connectivity index (χ4n) is 3.75. The van der Waals surface area contributed by atoms with Gasteiger partial charge in [-0.25, -0.2) is 9.59 Å². The van der Waals surface area contributed by atoms with E-state index in [1.807, 2.05) is 24.3 Å². The molecule has 0 saturated carbocycles. The minimum atomic E-state index is -1.04. The first kappa shape index (κ1) is 24.3. The van der Waals surface area contributed by atoms with Crippen molar-refractivity contribution in [1.29, 1.82) is 0 Å². The molecule has 3 rings (SSSR count). The van der Waals surface area contributed by atoms with E-state index in [-0.39, 0.29) is 11.6 Å². The maximum absolute atomic E-state index is 13.1. The molecule has 0 radical (unpaired) electrons. The standard InChI is InChI=1S/C25H32N4O4/c1-19(17-28-14-11-26-12-15-28)18-29(13-10-20-6-8-23(33-2)9-7-20)25(32)27-22-5-3-4-21(16-22)24(30)31/h3-9,16,26H,1,10-15,17-18H2,2H3,(H,27,32)(H,30,31). The number of carboxylic acid groups (broad SMARTS) is 1. The predicted molar refractivity (Wildman–Crippen MR) is 129 cm³/mol. The Bertz CT molecular complexity index is 955. The lowest BCUT2D eigenvalue weighted by Gasteiger charge is -2.30. The van der Waals surface area contributed by atoms with Crippen LogP contribution in [0.25, 0.3) is 0 Å². The Morgan fingerprint density at radius 2 is 1.91 bits per heavy atom. The Hall–Kier alpha value is -3.36. The van der Waals surface area contributed by atoms with Gasteiger partial charge in [-0.2, -0.15) is 0 Å². The molecule has 8 heteroatoms. The molecule has 1 fully saturated rings. The number of anilines is 1. The van der Waals surface area contributed by atoms with Gasteiger partial charge in [0.05, 0.1) is 12.7 Å². The van der Waals surface area contributed by atoms with Crippen LogP contribution >= 0.6 is 0 Å². The largest absolute Gasteiger partial charge is 0.497 e. The number of carbonyl (C=O) groups is 2. The first-order valence-electron chi connectivity index (χ1n) is 11.1. The number of piperazine rings is 1. The van der Waals surface area contributed by atoms with Crippen LogP contribution in [0.2, 0.25) is 0 Å². The number of ether oxygens (including phenoxy) is 1. The second-order valence-electron chi connectivity index (χ2n) is 8.11. The Kier molecular flexibility index (Phi) is 8.86. The summed E-state index contributed by atoms with van der Waals surface area (Å²) in [5.74, 6) is -0.247. The Morgan fingerprint density at radius 1 is 1.18 bits per heavy atom. The summed E-state index contributed by atoms with van der Waals surface area (Å²) in [5, 5.41) is 15.4. The molecule has 2 aromatic carbocycles. The van der Waals surface area contributed by atoms with Crippen LogP contribution in [0.4, 0.5) is 10.5 Å². The Balaban J connectivity index is 1.67. The van der Waals surface area contributed by atoms with E-state index in [9.17, 15) is 14.7 Å². The smallest absolute Gasteiger partial charge is 0.335 e. The second-order valence-corrected chi connectivity index (χ2v) is 8.11. The van der Waals surface area contributed by atoms with Gasteiger partial charge in [0.1, 0.15) is 5.75 Å². The quantitative estimate of drug-likeness (QED) is 0.480. The number of nitrogens with one attached hydrogen (secondary N) is 2. The lowest BCUT2D eigenvalue weighted by Crippen LogP contribution is -2.45. The first-order valence-corrected chi connectivity index (χ1v) is 11.1. The number of carboxylic acids is 1. The molecule has 0 unspecified atom stereocenters. The van der Waals surface area contributed by atoms with Gasteiger partial charge in [-0.1, -0.05) is 24.8 Å². The van der Waals surface area contributed by atoms with Crippen LogP contribution in [0, 0.1) is 0 Å². The fraction of sp³-hybridized carbons (Fsp3) is 0.360. The average Bonchev–Trinajstić information content (AvgIpc) is 2.82. The van der Waals surface area contributed by atoms with E-state index in [2.05, 4.69) is 22.1 Å². The van der Waals surface area contributed by atoms with Crippen molar-refractivity contribution in [3.8, 4) is 5.75 Å². The van der Waals surface area contributed by atoms with Crippen LogP contribution in [-0.2, 0) is 6.42 Å². The SMILES string of the molecule is C=C(CN1CCNCC1)CN(CCc1ccc(OC)cc1)C(=O)Nc1cccc(C(=O)O)c1. The highest BCUT2D eigenvalue weighted by molar-refractivity contribution is 5.93. The minimum Gasteiger partial charge on any atom is -0.497 e. The summed E-state index contributed by atoms with van der Waals surface area (Å²) in [6.45, 7) is 9.69. The van der Waals surface area contributed by atoms with Gasteiger partial charge < -0.3 is 25.4 Å². The molecule has 0 aliphatic carbocycles. The molecule has 0 bridgehead atoms. The van der Waals surface area contributed by atoms with Gasteiger partial charge in [-0.3, -0.25) is 4.90 Å². The lowest BCUT2D eigenvalue weighted by molar-refractivity contribution is 0.0697. The van der Waals surface area contributed by atoms with Gasteiger partial charge in [0, 0.05) is 51.5 Å². The highest BCUT2D eigenvalue weighted by Gasteiger charge is 2.18. The molecule has 2 amide bonds. The average molecular weight is 453 g/mol. The van der Waals surface area contributed by atoms with Gasteiger partial charge in [0.2, 0.25) is 0 Å². The molecule has 0 aromatic heterocycles. The minimum absolute atomic E-state index is 0.126. The highest BCUT2D eigenvalue weighted by atomic mass is 16.5. The third kappa shape index (κ3) is 7.62. The monoisotopic (exact) mass is 452 g/mol. The van der Waals surface area contributed by atoms with E-state index in [4.69, 9.17) is 4.74 Å². The zero-order valence-electron chi connectivity index (χ0n) is 19.0. The molecular weight excluding hydrogens is 420 g/mol. The van der Waals surface area contributed by atoms with E-state index < -0.39 is 5.97 Å². The normalized spacial score (nSPS) is 13.8. The van der Waals surface area contributed by atoms with E-state index in [0.29, 0.717) is 25.2 Å². The number of hydrogen-bond donors (Lipinski definition) is 3. The van der Waals surface area contributed by atoms with Crippen molar-refractivity contribution < 1.29 is 19.4 Å². The van der Waals surface area contributed by atoms with Gasteiger partial charge in [-0.15, -0.1) is 0 Å². The number of rotatable bonds is 10. The number of carbonyl (C=O) groups excluding carboxylic acids is 1. The van der Waals surface area contributed by atoms with Crippen LogP contribution in [0.1, 0.15) is 15.9 Å². The van der Waals surface area contributed by atoms with Crippen LogP contribution in [0.3, 0.4) is 0 Å². The number of benzene rings is 2. The summed E-state index contributed by atoms with van der Waals surface area (Å²) in [6, 6.07) is 13.7. The zero-order valence-corrected chi connectivity index (χ0v) is 19.0.